The van der Waals surface area contributed by atoms with Crippen LogP contribution in [0.4, 0.5) is 0 Å². The van der Waals surface area contributed by atoms with Gasteiger partial charge in [-0.1, -0.05) is 12.1 Å². The molecule has 1 aromatic rings. The third-order valence-electron chi connectivity index (χ3n) is 3.74. The van der Waals surface area contributed by atoms with Gasteiger partial charge in [0, 0.05) is 0 Å². The number of nitrogens with one attached hydrogen (secondary N) is 1. The highest BCUT2D eigenvalue weighted by atomic mass is 16.5. The molecule has 1 atom stereocenters. The summed E-state index contributed by atoms with van der Waals surface area (Å²) in [5.74, 6) is 1.23. The average molecular weight is 262 g/mol. The number of primary amides is 1. The Labute approximate surface area is 114 Å². The molecule has 104 valence electrons. The Morgan fingerprint density at radius 3 is 2.53 bits per heavy atom. The molecule has 2 rings (SSSR count). The molecule has 1 aliphatic carbocycles. The van der Waals surface area contributed by atoms with E-state index in [1.165, 1.54) is 12.8 Å². The maximum Gasteiger partial charge on any atom is 0.237 e. The van der Waals surface area contributed by atoms with Crippen molar-refractivity contribution in [1.82, 2.24) is 5.32 Å². The zero-order chi connectivity index (χ0) is 13.9. The average Bonchev–Trinajstić information content (AvgIpc) is 3.21. The molecule has 0 aromatic heterocycles. The van der Waals surface area contributed by atoms with E-state index in [-0.39, 0.29) is 5.91 Å². The van der Waals surface area contributed by atoms with Gasteiger partial charge in [0.2, 0.25) is 5.91 Å². The van der Waals surface area contributed by atoms with Gasteiger partial charge in [0.05, 0.1) is 12.6 Å². The first-order valence-electron chi connectivity index (χ1n) is 6.71. The molecular formula is C15H22N2O2. The monoisotopic (exact) mass is 262 g/mol. The first-order valence-corrected chi connectivity index (χ1v) is 6.71. The van der Waals surface area contributed by atoms with Crippen molar-refractivity contribution in [3.05, 3.63) is 29.8 Å². The van der Waals surface area contributed by atoms with E-state index in [0.29, 0.717) is 6.42 Å². The number of carbonyl (C=O) groups excluding carboxylic acids is 1. The fraction of sp³-hybridized carbons (Fsp3) is 0.533. The number of rotatable bonds is 7. The van der Waals surface area contributed by atoms with Crippen molar-refractivity contribution in [2.75, 3.05) is 13.7 Å². The van der Waals surface area contributed by atoms with Gasteiger partial charge in [0.1, 0.15) is 5.75 Å². The molecule has 1 saturated carbocycles. The van der Waals surface area contributed by atoms with Gasteiger partial charge in [-0.3, -0.25) is 4.79 Å². The number of ether oxygens (including phenoxy) is 1. The van der Waals surface area contributed by atoms with Crippen LogP contribution in [0.2, 0.25) is 0 Å². The number of carbonyl (C=O) groups is 1. The number of amides is 1. The largest absolute Gasteiger partial charge is 0.497 e. The number of benzene rings is 1. The van der Waals surface area contributed by atoms with Gasteiger partial charge in [0.25, 0.3) is 0 Å². The van der Waals surface area contributed by atoms with Crippen LogP contribution >= 0.6 is 0 Å². The Morgan fingerprint density at radius 2 is 2.05 bits per heavy atom. The smallest absolute Gasteiger partial charge is 0.237 e. The summed E-state index contributed by atoms with van der Waals surface area (Å²) >= 11 is 0. The van der Waals surface area contributed by atoms with Crippen LogP contribution in [-0.2, 0) is 11.2 Å². The summed E-state index contributed by atoms with van der Waals surface area (Å²) < 4.78 is 5.13. The van der Waals surface area contributed by atoms with Gasteiger partial charge in [-0.25, -0.2) is 0 Å². The third kappa shape index (κ3) is 3.70. The van der Waals surface area contributed by atoms with Crippen LogP contribution in [0.25, 0.3) is 0 Å². The Hall–Kier alpha value is -1.55. The highest BCUT2D eigenvalue weighted by molar-refractivity contribution is 5.84. The molecule has 19 heavy (non-hydrogen) atoms. The predicted molar refractivity (Wildman–Crippen MR) is 75.0 cm³/mol. The van der Waals surface area contributed by atoms with Crippen LogP contribution in [0.1, 0.15) is 25.3 Å². The molecule has 4 nitrogen and oxygen atoms in total. The van der Waals surface area contributed by atoms with Crippen molar-refractivity contribution < 1.29 is 9.53 Å². The maximum atomic E-state index is 11.7. The molecule has 1 aliphatic rings. The second-order valence-electron chi connectivity index (χ2n) is 5.55. The highest BCUT2D eigenvalue weighted by Gasteiger charge is 2.33. The van der Waals surface area contributed by atoms with Crippen LogP contribution in [0, 0.1) is 5.92 Å². The minimum absolute atomic E-state index is 0.302. The Morgan fingerprint density at radius 1 is 1.42 bits per heavy atom. The Bertz CT molecular complexity index is 440. The van der Waals surface area contributed by atoms with Crippen molar-refractivity contribution in [3.63, 3.8) is 0 Å². The molecule has 4 heteroatoms. The molecule has 0 saturated heterocycles. The van der Waals surface area contributed by atoms with E-state index in [9.17, 15) is 4.79 Å². The van der Waals surface area contributed by atoms with E-state index in [2.05, 4.69) is 5.32 Å². The topological polar surface area (TPSA) is 64.3 Å². The third-order valence-corrected chi connectivity index (χ3v) is 3.74. The van der Waals surface area contributed by atoms with Crippen molar-refractivity contribution in [3.8, 4) is 5.75 Å². The highest BCUT2D eigenvalue weighted by Crippen LogP contribution is 2.28. The van der Waals surface area contributed by atoms with Crippen LogP contribution in [-0.4, -0.2) is 25.1 Å². The fourth-order valence-electron chi connectivity index (χ4n) is 2.08. The van der Waals surface area contributed by atoms with E-state index < -0.39 is 5.54 Å². The molecule has 1 aromatic carbocycles. The van der Waals surface area contributed by atoms with Gasteiger partial charge in [-0.2, -0.15) is 0 Å². The number of methoxy groups -OCH3 is 1. The van der Waals surface area contributed by atoms with E-state index >= 15 is 0 Å². The molecular weight excluding hydrogens is 240 g/mol. The molecule has 1 unspecified atom stereocenters. The molecule has 0 aliphatic heterocycles. The Balaban J connectivity index is 2.02. The van der Waals surface area contributed by atoms with E-state index in [4.69, 9.17) is 10.5 Å². The summed E-state index contributed by atoms with van der Waals surface area (Å²) in [5, 5.41) is 3.33. The van der Waals surface area contributed by atoms with Gasteiger partial charge in [-0.05, 0) is 56.3 Å². The molecule has 1 fully saturated rings. The summed E-state index contributed by atoms with van der Waals surface area (Å²) in [6.45, 7) is 2.75. The lowest BCUT2D eigenvalue weighted by molar-refractivity contribution is -0.123. The second kappa shape index (κ2) is 5.61. The molecule has 0 spiro atoms. The van der Waals surface area contributed by atoms with Gasteiger partial charge in [-0.15, -0.1) is 0 Å². The molecule has 0 heterocycles. The van der Waals surface area contributed by atoms with Crippen molar-refractivity contribution >= 4 is 5.91 Å². The fourth-order valence-corrected chi connectivity index (χ4v) is 2.08. The van der Waals surface area contributed by atoms with Crippen LogP contribution in [0.3, 0.4) is 0 Å². The standard InChI is InChI=1S/C15H22N2O2/c1-15(14(16)18,17-10-12-3-4-12)9-11-5-7-13(19-2)8-6-11/h5-8,12,17H,3-4,9-10H2,1-2H3,(H2,16,18). The zero-order valence-electron chi connectivity index (χ0n) is 11.6. The van der Waals surface area contributed by atoms with Crippen LogP contribution in [0.5, 0.6) is 5.75 Å². The summed E-state index contributed by atoms with van der Waals surface area (Å²) in [5.41, 5.74) is 5.95. The number of nitrogens with two attached hydrogens (primary N) is 1. The van der Waals surface area contributed by atoms with E-state index in [1.54, 1.807) is 7.11 Å². The van der Waals surface area contributed by atoms with Crippen molar-refractivity contribution in [2.45, 2.75) is 31.7 Å². The molecule has 3 N–H and O–H groups in total. The number of hydrogen-bond acceptors (Lipinski definition) is 3. The van der Waals surface area contributed by atoms with Gasteiger partial charge >= 0.3 is 0 Å². The SMILES string of the molecule is COc1ccc(CC(C)(NCC2CC2)C(N)=O)cc1. The minimum Gasteiger partial charge on any atom is -0.497 e. The predicted octanol–water partition coefficient (Wildman–Crippen LogP) is 1.48. The normalized spacial score (nSPS) is 17.8. The summed E-state index contributed by atoms with van der Waals surface area (Å²) in [4.78, 5) is 11.7. The summed E-state index contributed by atoms with van der Waals surface area (Å²) in [6.07, 6.45) is 3.10. The summed E-state index contributed by atoms with van der Waals surface area (Å²) in [7, 11) is 1.64. The molecule has 0 bridgehead atoms. The quantitative estimate of drug-likeness (QED) is 0.782. The van der Waals surface area contributed by atoms with Crippen LogP contribution in [0.15, 0.2) is 24.3 Å². The Kier molecular flexibility index (Phi) is 4.10. The number of hydrogen-bond donors (Lipinski definition) is 2. The van der Waals surface area contributed by atoms with E-state index in [0.717, 1.165) is 23.8 Å². The van der Waals surface area contributed by atoms with Gasteiger partial charge < -0.3 is 15.8 Å². The van der Waals surface area contributed by atoms with Crippen molar-refractivity contribution in [2.24, 2.45) is 11.7 Å². The first kappa shape index (κ1) is 13.9. The van der Waals surface area contributed by atoms with E-state index in [1.807, 2.05) is 31.2 Å². The maximum absolute atomic E-state index is 11.7. The zero-order valence-corrected chi connectivity index (χ0v) is 11.6. The summed E-state index contributed by atoms with van der Waals surface area (Å²) in [6, 6.07) is 7.74. The lowest BCUT2D eigenvalue weighted by Crippen LogP contribution is -2.55. The lowest BCUT2D eigenvalue weighted by atomic mass is 9.91. The second-order valence-corrected chi connectivity index (χ2v) is 5.55. The van der Waals surface area contributed by atoms with Crippen molar-refractivity contribution in [1.29, 1.82) is 0 Å². The minimum atomic E-state index is -0.683. The molecule has 0 radical (unpaired) electrons. The lowest BCUT2D eigenvalue weighted by Gasteiger charge is -2.28. The van der Waals surface area contributed by atoms with Crippen LogP contribution < -0.4 is 15.8 Å². The molecule has 1 amide bonds. The van der Waals surface area contributed by atoms with Gasteiger partial charge in [0.15, 0.2) is 0 Å². The first-order chi connectivity index (χ1) is 9.03.